The van der Waals surface area contributed by atoms with E-state index in [4.69, 9.17) is 18.4 Å². The molecule has 2 aliphatic carbocycles. The Labute approximate surface area is 158 Å². The SMILES string of the molecule is C=C(C)C(=O)OCCOC(=O)CCC(=O)OC1C2CC3C1OS(=C)(=O)C3C2. The molecule has 2 bridgehead atoms. The molecular formula is C18H24O8S. The number of ether oxygens (including phenoxy) is 3. The van der Waals surface area contributed by atoms with E-state index in [0.717, 1.165) is 6.42 Å². The zero-order valence-corrected chi connectivity index (χ0v) is 16.0. The first kappa shape index (κ1) is 19.9. The third kappa shape index (κ3) is 4.19. The third-order valence-corrected chi connectivity index (χ3v) is 7.27. The minimum Gasteiger partial charge on any atom is -0.462 e. The van der Waals surface area contributed by atoms with Crippen molar-refractivity contribution in [3.8, 4) is 0 Å². The van der Waals surface area contributed by atoms with Crippen molar-refractivity contribution in [2.24, 2.45) is 11.8 Å². The zero-order valence-electron chi connectivity index (χ0n) is 15.2. The zero-order chi connectivity index (χ0) is 19.8. The van der Waals surface area contributed by atoms with Gasteiger partial charge in [0.1, 0.15) is 25.4 Å². The van der Waals surface area contributed by atoms with E-state index >= 15 is 0 Å². The summed E-state index contributed by atoms with van der Waals surface area (Å²) in [6.45, 7) is 4.79. The van der Waals surface area contributed by atoms with Crippen molar-refractivity contribution in [2.75, 3.05) is 13.2 Å². The van der Waals surface area contributed by atoms with Gasteiger partial charge in [-0.15, -0.1) is 0 Å². The van der Waals surface area contributed by atoms with Gasteiger partial charge in [0.15, 0.2) is 0 Å². The molecule has 27 heavy (non-hydrogen) atoms. The number of rotatable bonds is 8. The summed E-state index contributed by atoms with van der Waals surface area (Å²) in [5, 5.41) is -0.0311. The molecule has 0 spiro atoms. The first-order chi connectivity index (χ1) is 12.7. The van der Waals surface area contributed by atoms with Crippen molar-refractivity contribution >= 4 is 33.6 Å². The quantitative estimate of drug-likeness (QED) is 0.194. The highest BCUT2D eigenvalue weighted by Gasteiger charge is 2.63. The van der Waals surface area contributed by atoms with Gasteiger partial charge >= 0.3 is 17.9 Å². The summed E-state index contributed by atoms with van der Waals surface area (Å²) in [7, 11) is -2.56. The molecule has 6 atom stereocenters. The Morgan fingerprint density at radius 1 is 1.11 bits per heavy atom. The summed E-state index contributed by atoms with van der Waals surface area (Å²) >= 11 is 0. The second-order valence-electron chi connectivity index (χ2n) is 7.25. The number of hydrogen-bond donors (Lipinski definition) is 0. The molecule has 1 aliphatic heterocycles. The lowest BCUT2D eigenvalue weighted by molar-refractivity contribution is -0.159. The standard InChI is InChI=1S/C18H24O8S/c1-10(2)18(21)24-7-6-23-14(19)4-5-15(20)25-16-11-8-12-13(9-11)27(3,22)26-17(12)16/h11-13,16-17H,1,3-9H2,2H3. The first-order valence-corrected chi connectivity index (χ1v) is 10.6. The summed E-state index contributed by atoms with van der Waals surface area (Å²) in [6, 6.07) is 0. The van der Waals surface area contributed by atoms with Crippen LogP contribution in [0.1, 0.15) is 32.6 Å². The summed E-state index contributed by atoms with van der Waals surface area (Å²) < 4.78 is 33.1. The molecule has 3 rings (SSSR count). The highest BCUT2D eigenvalue weighted by Crippen LogP contribution is 2.55. The van der Waals surface area contributed by atoms with Crippen molar-refractivity contribution in [1.82, 2.24) is 0 Å². The van der Waals surface area contributed by atoms with Crippen LogP contribution in [-0.2, 0) is 42.6 Å². The van der Waals surface area contributed by atoms with Crippen LogP contribution in [0, 0.1) is 11.8 Å². The Kier molecular flexibility index (Phi) is 5.62. The fourth-order valence-corrected chi connectivity index (χ4v) is 6.17. The van der Waals surface area contributed by atoms with E-state index in [2.05, 4.69) is 12.4 Å². The molecular weight excluding hydrogens is 376 g/mol. The van der Waals surface area contributed by atoms with Crippen LogP contribution >= 0.6 is 0 Å². The van der Waals surface area contributed by atoms with Crippen LogP contribution in [0.15, 0.2) is 12.2 Å². The Bertz CT molecular complexity index is 755. The molecule has 0 amide bonds. The average molecular weight is 400 g/mol. The van der Waals surface area contributed by atoms with Crippen LogP contribution in [-0.4, -0.2) is 58.7 Å². The van der Waals surface area contributed by atoms with Gasteiger partial charge in [0.05, 0.1) is 27.9 Å². The third-order valence-electron chi connectivity index (χ3n) is 5.26. The lowest BCUT2D eigenvalue weighted by atomic mass is 9.94. The molecule has 8 nitrogen and oxygen atoms in total. The van der Waals surface area contributed by atoms with E-state index in [1.165, 1.54) is 6.92 Å². The molecule has 6 unspecified atom stereocenters. The number of carbonyl (C=O) groups excluding carboxylic acids is 3. The van der Waals surface area contributed by atoms with Gasteiger partial charge in [-0.1, -0.05) is 6.58 Å². The monoisotopic (exact) mass is 400 g/mol. The van der Waals surface area contributed by atoms with Crippen molar-refractivity contribution in [2.45, 2.75) is 50.1 Å². The lowest BCUT2D eigenvalue weighted by Crippen LogP contribution is -2.37. The van der Waals surface area contributed by atoms with Gasteiger partial charge in [-0.3, -0.25) is 13.8 Å². The maximum Gasteiger partial charge on any atom is 0.333 e. The smallest absolute Gasteiger partial charge is 0.333 e. The van der Waals surface area contributed by atoms with Gasteiger partial charge in [-0.05, 0) is 25.6 Å². The van der Waals surface area contributed by atoms with Crippen LogP contribution in [0.25, 0.3) is 0 Å². The molecule has 0 radical (unpaired) electrons. The maximum absolute atomic E-state index is 12.3. The Morgan fingerprint density at radius 3 is 2.48 bits per heavy atom. The molecule has 3 aliphatic rings. The fraction of sp³-hybridized carbons (Fsp3) is 0.667. The van der Waals surface area contributed by atoms with Gasteiger partial charge in [0, 0.05) is 17.4 Å². The molecule has 0 aromatic heterocycles. The molecule has 3 fully saturated rings. The van der Waals surface area contributed by atoms with Crippen LogP contribution in [0.2, 0.25) is 0 Å². The number of fused-ring (bicyclic) bond motifs is 1. The molecule has 150 valence electrons. The topological polar surface area (TPSA) is 105 Å². The molecule has 0 aromatic carbocycles. The molecule has 0 N–H and O–H groups in total. The van der Waals surface area contributed by atoms with Crippen LogP contribution < -0.4 is 0 Å². The summed E-state index contributed by atoms with van der Waals surface area (Å²) in [6.07, 6.45) is 0.527. The van der Waals surface area contributed by atoms with E-state index in [9.17, 15) is 18.6 Å². The van der Waals surface area contributed by atoms with Gasteiger partial charge in [-0.2, -0.15) is 0 Å². The Morgan fingerprint density at radius 2 is 1.78 bits per heavy atom. The van der Waals surface area contributed by atoms with Gasteiger partial charge in [0.25, 0.3) is 0 Å². The predicted octanol–water partition coefficient (Wildman–Crippen LogP) is 0.779. The van der Waals surface area contributed by atoms with Crippen molar-refractivity contribution < 1.29 is 37.0 Å². The Hall–Kier alpha value is -1.87. The molecule has 1 saturated heterocycles. The second kappa shape index (κ2) is 7.63. The van der Waals surface area contributed by atoms with Gasteiger partial charge < -0.3 is 14.2 Å². The normalized spacial score (nSPS) is 35.7. The minimum absolute atomic E-state index is 0.0311. The highest BCUT2D eigenvalue weighted by molar-refractivity contribution is 7.96. The average Bonchev–Trinajstić information content (AvgIpc) is 3.21. The Balaban J connectivity index is 1.35. The predicted molar refractivity (Wildman–Crippen MR) is 96.0 cm³/mol. The number of esters is 3. The van der Waals surface area contributed by atoms with Gasteiger partial charge in [0.2, 0.25) is 0 Å². The van der Waals surface area contributed by atoms with Crippen LogP contribution in [0.5, 0.6) is 0 Å². The maximum atomic E-state index is 12.3. The van der Waals surface area contributed by atoms with Crippen LogP contribution in [0.4, 0.5) is 0 Å². The van der Waals surface area contributed by atoms with E-state index in [1.54, 1.807) is 0 Å². The molecule has 0 aromatic rings. The summed E-state index contributed by atoms with van der Waals surface area (Å²) in [4.78, 5) is 34.9. The van der Waals surface area contributed by atoms with E-state index in [1.807, 2.05) is 0 Å². The number of hydrogen-bond acceptors (Lipinski definition) is 8. The van der Waals surface area contributed by atoms with Crippen molar-refractivity contribution in [1.29, 1.82) is 0 Å². The molecule has 1 heterocycles. The van der Waals surface area contributed by atoms with Gasteiger partial charge in [-0.25, -0.2) is 9.00 Å². The lowest BCUT2D eigenvalue weighted by Gasteiger charge is -2.25. The molecule has 9 heteroatoms. The largest absolute Gasteiger partial charge is 0.462 e. The van der Waals surface area contributed by atoms with E-state index in [-0.39, 0.29) is 54.8 Å². The van der Waals surface area contributed by atoms with E-state index < -0.39 is 33.8 Å². The minimum atomic E-state index is -2.56. The molecule has 2 saturated carbocycles. The summed E-state index contributed by atoms with van der Waals surface area (Å²) in [5.74, 6) is 2.33. The number of carbonyl (C=O) groups is 3. The fourth-order valence-electron chi connectivity index (χ4n) is 4.06. The van der Waals surface area contributed by atoms with E-state index in [0.29, 0.717) is 6.42 Å². The van der Waals surface area contributed by atoms with Crippen molar-refractivity contribution in [3.63, 3.8) is 0 Å². The van der Waals surface area contributed by atoms with Crippen LogP contribution in [0.3, 0.4) is 0 Å². The second-order valence-corrected chi connectivity index (χ2v) is 9.37. The highest BCUT2D eigenvalue weighted by atomic mass is 32.2. The first-order valence-electron chi connectivity index (χ1n) is 8.91. The summed E-state index contributed by atoms with van der Waals surface area (Å²) in [5.41, 5.74) is 0.261. The van der Waals surface area contributed by atoms with Crippen molar-refractivity contribution in [3.05, 3.63) is 12.2 Å².